The van der Waals surface area contributed by atoms with Crippen LogP contribution in [-0.2, 0) is 4.74 Å². The number of carbonyl (C=O) groups is 1. The Bertz CT molecular complexity index is 447. The van der Waals surface area contributed by atoms with Gasteiger partial charge >= 0.3 is 5.97 Å². The first-order valence-electron chi connectivity index (χ1n) is 7.14. The van der Waals surface area contributed by atoms with E-state index in [0.29, 0.717) is 6.04 Å². The Morgan fingerprint density at radius 2 is 2.20 bits per heavy atom. The summed E-state index contributed by atoms with van der Waals surface area (Å²) in [6.45, 7) is 5.11. The smallest absolute Gasteiger partial charge is 0.358 e. The average molecular weight is 278 g/mol. The lowest BCUT2D eigenvalue weighted by atomic mass is 10.0. The maximum absolute atomic E-state index is 11.6. The number of hydrogen-bond acceptors (Lipinski definition) is 6. The lowest BCUT2D eigenvalue weighted by Crippen LogP contribution is -2.44. The SMILES string of the molecule is CCCN(c1cncc(C(=O)OC)n1)C1CCNCC1. The van der Waals surface area contributed by atoms with Crippen molar-refractivity contribution in [1.82, 2.24) is 15.3 Å². The molecule has 0 unspecified atom stereocenters. The summed E-state index contributed by atoms with van der Waals surface area (Å²) >= 11 is 0. The van der Waals surface area contributed by atoms with E-state index in [-0.39, 0.29) is 5.69 Å². The van der Waals surface area contributed by atoms with E-state index in [1.54, 1.807) is 6.20 Å². The van der Waals surface area contributed by atoms with Gasteiger partial charge in [-0.1, -0.05) is 6.92 Å². The molecule has 2 heterocycles. The molecule has 0 spiro atoms. The predicted octanol–water partition coefficient (Wildman–Crippen LogP) is 1.23. The van der Waals surface area contributed by atoms with Crippen molar-refractivity contribution in [3.8, 4) is 0 Å². The van der Waals surface area contributed by atoms with Crippen molar-refractivity contribution in [1.29, 1.82) is 0 Å². The van der Waals surface area contributed by atoms with Crippen molar-refractivity contribution in [2.75, 3.05) is 31.6 Å². The number of carbonyl (C=O) groups excluding carboxylic acids is 1. The minimum atomic E-state index is -0.443. The number of esters is 1. The fourth-order valence-electron chi connectivity index (χ4n) is 2.54. The van der Waals surface area contributed by atoms with Crippen LogP contribution in [0.15, 0.2) is 12.4 Å². The summed E-state index contributed by atoms with van der Waals surface area (Å²) in [4.78, 5) is 22.4. The van der Waals surface area contributed by atoms with Gasteiger partial charge in [-0.3, -0.25) is 4.98 Å². The third-order valence-electron chi connectivity index (χ3n) is 3.52. The van der Waals surface area contributed by atoms with E-state index < -0.39 is 5.97 Å². The quantitative estimate of drug-likeness (QED) is 0.817. The number of piperidine rings is 1. The van der Waals surface area contributed by atoms with Gasteiger partial charge in [0.05, 0.1) is 19.5 Å². The number of rotatable bonds is 5. The summed E-state index contributed by atoms with van der Waals surface area (Å²) in [5, 5.41) is 3.37. The summed E-state index contributed by atoms with van der Waals surface area (Å²) < 4.78 is 4.71. The molecule has 1 fully saturated rings. The van der Waals surface area contributed by atoms with Crippen LogP contribution in [0.2, 0.25) is 0 Å². The van der Waals surface area contributed by atoms with Gasteiger partial charge < -0.3 is 15.0 Å². The Balaban J connectivity index is 2.21. The van der Waals surface area contributed by atoms with Gasteiger partial charge in [0, 0.05) is 12.6 Å². The van der Waals surface area contributed by atoms with E-state index in [9.17, 15) is 4.79 Å². The van der Waals surface area contributed by atoms with Crippen LogP contribution in [0.3, 0.4) is 0 Å². The van der Waals surface area contributed by atoms with E-state index in [1.807, 2.05) is 0 Å². The van der Waals surface area contributed by atoms with Gasteiger partial charge in [0.25, 0.3) is 0 Å². The van der Waals surface area contributed by atoms with Gasteiger partial charge in [-0.25, -0.2) is 9.78 Å². The van der Waals surface area contributed by atoms with Crippen molar-refractivity contribution in [2.24, 2.45) is 0 Å². The Kier molecular flexibility index (Phi) is 5.29. The molecule has 20 heavy (non-hydrogen) atoms. The van der Waals surface area contributed by atoms with E-state index in [1.165, 1.54) is 13.3 Å². The van der Waals surface area contributed by atoms with Crippen molar-refractivity contribution >= 4 is 11.8 Å². The van der Waals surface area contributed by atoms with Crippen molar-refractivity contribution in [2.45, 2.75) is 32.2 Å². The summed E-state index contributed by atoms with van der Waals surface area (Å²) in [5.41, 5.74) is 0.264. The third kappa shape index (κ3) is 3.45. The van der Waals surface area contributed by atoms with Gasteiger partial charge in [0.15, 0.2) is 5.69 Å². The highest BCUT2D eigenvalue weighted by atomic mass is 16.5. The monoisotopic (exact) mass is 278 g/mol. The minimum absolute atomic E-state index is 0.264. The number of nitrogens with zero attached hydrogens (tertiary/aromatic N) is 3. The standard InChI is InChI=1S/C14H22N4O2/c1-3-8-18(11-4-6-15-7-5-11)13-10-16-9-12(17-13)14(19)20-2/h9-11,15H,3-8H2,1-2H3. The molecule has 0 atom stereocenters. The maximum Gasteiger partial charge on any atom is 0.358 e. The number of methoxy groups -OCH3 is 1. The number of nitrogens with one attached hydrogen (secondary N) is 1. The molecule has 6 heteroatoms. The normalized spacial score (nSPS) is 15.9. The Hall–Kier alpha value is -1.69. The topological polar surface area (TPSA) is 67.4 Å². The molecule has 0 bridgehead atoms. The van der Waals surface area contributed by atoms with Crippen LogP contribution in [0.4, 0.5) is 5.82 Å². The van der Waals surface area contributed by atoms with Crippen LogP contribution in [-0.4, -0.2) is 48.7 Å². The zero-order valence-corrected chi connectivity index (χ0v) is 12.1. The Labute approximate surface area is 119 Å². The number of anilines is 1. The largest absolute Gasteiger partial charge is 0.464 e. The highest BCUT2D eigenvalue weighted by Gasteiger charge is 2.22. The molecule has 0 amide bonds. The molecule has 0 aliphatic carbocycles. The first kappa shape index (κ1) is 14.7. The van der Waals surface area contributed by atoms with Crippen LogP contribution in [0.25, 0.3) is 0 Å². The van der Waals surface area contributed by atoms with Gasteiger partial charge in [-0.2, -0.15) is 0 Å². The average Bonchev–Trinajstić information content (AvgIpc) is 2.52. The molecule has 0 radical (unpaired) electrons. The summed E-state index contributed by atoms with van der Waals surface area (Å²) in [6, 6.07) is 0.457. The van der Waals surface area contributed by atoms with E-state index >= 15 is 0 Å². The molecule has 1 aromatic rings. The summed E-state index contributed by atoms with van der Waals surface area (Å²) in [6.07, 6.45) is 6.38. The van der Waals surface area contributed by atoms with Crippen LogP contribution in [0.1, 0.15) is 36.7 Å². The molecule has 1 aliphatic rings. The predicted molar refractivity (Wildman–Crippen MR) is 76.9 cm³/mol. The zero-order valence-electron chi connectivity index (χ0n) is 12.1. The molecule has 110 valence electrons. The van der Waals surface area contributed by atoms with Crippen molar-refractivity contribution in [3.05, 3.63) is 18.1 Å². The van der Waals surface area contributed by atoms with Gasteiger partial charge in [0.2, 0.25) is 0 Å². The lowest BCUT2D eigenvalue weighted by molar-refractivity contribution is 0.0593. The molecular formula is C14H22N4O2. The van der Waals surface area contributed by atoms with E-state index in [0.717, 1.165) is 44.7 Å². The second-order valence-corrected chi connectivity index (χ2v) is 4.93. The van der Waals surface area contributed by atoms with Crippen LogP contribution >= 0.6 is 0 Å². The second-order valence-electron chi connectivity index (χ2n) is 4.93. The lowest BCUT2D eigenvalue weighted by Gasteiger charge is -2.35. The molecule has 1 saturated heterocycles. The molecule has 1 aliphatic heterocycles. The molecular weight excluding hydrogens is 256 g/mol. The number of hydrogen-bond donors (Lipinski definition) is 1. The third-order valence-corrected chi connectivity index (χ3v) is 3.52. The molecule has 6 nitrogen and oxygen atoms in total. The van der Waals surface area contributed by atoms with Gasteiger partial charge in [-0.15, -0.1) is 0 Å². The van der Waals surface area contributed by atoms with Crippen LogP contribution in [0.5, 0.6) is 0 Å². The van der Waals surface area contributed by atoms with Crippen molar-refractivity contribution in [3.63, 3.8) is 0 Å². The van der Waals surface area contributed by atoms with E-state index in [4.69, 9.17) is 4.74 Å². The molecule has 0 aromatic carbocycles. The van der Waals surface area contributed by atoms with E-state index in [2.05, 4.69) is 27.1 Å². The first-order valence-corrected chi connectivity index (χ1v) is 7.14. The van der Waals surface area contributed by atoms with Crippen molar-refractivity contribution < 1.29 is 9.53 Å². The molecule has 2 rings (SSSR count). The summed E-state index contributed by atoms with van der Waals surface area (Å²) in [5.74, 6) is 0.322. The zero-order chi connectivity index (χ0) is 14.4. The molecule has 1 N–H and O–H groups in total. The maximum atomic E-state index is 11.6. The number of aromatic nitrogens is 2. The summed E-state index contributed by atoms with van der Waals surface area (Å²) in [7, 11) is 1.35. The highest BCUT2D eigenvalue weighted by Crippen LogP contribution is 2.20. The van der Waals surface area contributed by atoms with Crippen LogP contribution < -0.4 is 10.2 Å². The second kappa shape index (κ2) is 7.19. The highest BCUT2D eigenvalue weighted by molar-refractivity contribution is 5.87. The fraction of sp³-hybridized carbons (Fsp3) is 0.643. The Morgan fingerprint density at radius 3 is 2.85 bits per heavy atom. The van der Waals surface area contributed by atoms with Crippen LogP contribution in [0, 0.1) is 0 Å². The number of ether oxygens (including phenoxy) is 1. The first-order chi connectivity index (χ1) is 9.76. The Morgan fingerprint density at radius 1 is 1.45 bits per heavy atom. The minimum Gasteiger partial charge on any atom is -0.464 e. The fourth-order valence-corrected chi connectivity index (χ4v) is 2.54. The molecule has 0 saturated carbocycles. The van der Waals surface area contributed by atoms with Gasteiger partial charge in [-0.05, 0) is 32.4 Å². The van der Waals surface area contributed by atoms with Gasteiger partial charge in [0.1, 0.15) is 5.82 Å². The molecule has 1 aromatic heterocycles.